The van der Waals surface area contributed by atoms with Crippen LogP contribution in [-0.4, -0.2) is 26.2 Å². The summed E-state index contributed by atoms with van der Waals surface area (Å²) in [5.41, 5.74) is 0. The Morgan fingerprint density at radius 1 is 0.722 bits per heavy atom. The van der Waals surface area contributed by atoms with E-state index in [4.69, 9.17) is 0 Å². The average molecular weight is 256 g/mol. The number of hydrogen-bond acceptors (Lipinski definition) is 2. The molecule has 0 saturated carbocycles. The Kier molecular flexibility index (Phi) is 16.8. The van der Waals surface area contributed by atoms with Gasteiger partial charge in [0.1, 0.15) is 0 Å². The first-order valence-corrected chi connectivity index (χ1v) is 8.33. The molecule has 0 aliphatic carbocycles. The molecule has 0 aromatic heterocycles. The fourth-order valence-corrected chi connectivity index (χ4v) is 2.10. The number of unbranched alkanes of at least 4 members (excludes halogenated alkanes) is 6. The van der Waals surface area contributed by atoms with Gasteiger partial charge in [-0.25, -0.2) is 0 Å². The van der Waals surface area contributed by atoms with Crippen molar-refractivity contribution in [3.05, 3.63) is 0 Å². The van der Waals surface area contributed by atoms with Gasteiger partial charge in [0, 0.05) is 0 Å². The summed E-state index contributed by atoms with van der Waals surface area (Å²) in [7, 11) is 0. The lowest BCUT2D eigenvalue weighted by Gasteiger charge is -2.03. The monoisotopic (exact) mass is 256 g/mol. The summed E-state index contributed by atoms with van der Waals surface area (Å²) in [6.45, 7) is 9.48. The first-order valence-electron chi connectivity index (χ1n) is 8.33. The van der Waals surface area contributed by atoms with Crippen LogP contribution in [0.25, 0.3) is 0 Å². The second-order valence-electron chi connectivity index (χ2n) is 5.33. The van der Waals surface area contributed by atoms with Crippen LogP contribution in [0.5, 0.6) is 0 Å². The highest BCUT2D eigenvalue weighted by molar-refractivity contribution is 4.55. The SMILES string of the molecule is C1CCNC1.CCCCCCNCCCCCC. The molecule has 1 saturated heterocycles. The van der Waals surface area contributed by atoms with Crippen LogP contribution in [0.1, 0.15) is 78.1 Å². The van der Waals surface area contributed by atoms with Crippen molar-refractivity contribution < 1.29 is 0 Å². The molecule has 1 heterocycles. The summed E-state index contributed by atoms with van der Waals surface area (Å²) in [4.78, 5) is 0. The molecule has 2 N–H and O–H groups in total. The highest BCUT2D eigenvalue weighted by Crippen LogP contribution is 1.99. The molecule has 0 aromatic carbocycles. The molecule has 0 atom stereocenters. The smallest absolute Gasteiger partial charge is 0.00484 e. The number of hydrogen-bond donors (Lipinski definition) is 2. The summed E-state index contributed by atoms with van der Waals surface area (Å²) < 4.78 is 0. The van der Waals surface area contributed by atoms with Gasteiger partial charge in [0.2, 0.25) is 0 Å². The third-order valence-electron chi connectivity index (χ3n) is 3.37. The van der Waals surface area contributed by atoms with E-state index in [1.54, 1.807) is 0 Å². The zero-order valence-corrected chi connectivity index (χ0v) is 12.9. The molecule has 2 heteroatoms. The average Bonchev–Trinajstić information content (AvgIpc) is 2.96. The van der Waals surface area contributed by atoms with Crippen molar-refractivity contribution in [3.63, 3.8) is 0 Å². The van der Waals surface area contributed by atoms with E-state index in [0.717, 1.165) is 0 Å². The van der Waals surface area contributed by atoms with Crippen molar-refractivity contribution in [2.75, 3.05) is 26.2 Å². The topological polar surface area (TPSA) is 24.1 Å². The van der Waals surface area contributed by atoms with E-state index in [0.29, 0.717) is 0 Å². The van der Waals surface area contributed by atoms with Crippen molar-refractivity contribution in [2.24, 2.45) is 0 Å². The summed E-state index contributed by atoms with van der Waals surface area (Å²) in [6.07, 6.45) is 13.8. The Balaban J connectivity index is 0.000000473. The lowest BCUT2D eigenvalue weighted by atomic mass is 10.2. The number of nitrogens with one attached hydrogen (secondary N) is 2. The zero-order chi connectivity index (χ0) is 13.3. The normalized spacial score (nSPS) is 14.3. The molecule has 1 aliphatic heterocycles. The minimum Gasteiger partial charge on any atom is -0.317 e. The van der Waals surface area contributed by atoms with Crippen molar-refractivity contribution in [1.82, 2.24) is 10.6 Å². The predicted molar refractivity (Wildman–Crippen MR) is 83.3 cm³/mol. The molecular formula is C16H36N2. The van der Waals surface area contributed by atoms with Crippen LogP contribution in [0, 0.1) is 0 Å². The Bertz CT molecular complexity index is 115. The Morgan fingerprint density at radius 2 is 1.22 bits per heavy atom. The molecule has 0 spiro atoms. The Morgan fingerprint density at radius 3 is 1.56 bits per heavy atom. The molecule has 0 aromatic rings. The lowest BCUT2D eigenvalue weighted by molar-refractivity contribution is 0.564. The lowest BCUT2D eigenvalue weighted by Crippen LogP contribution is -2.16. The molecule has 0 unspecified atom stereocenters. The van der Waals surface area contributed by atoms with Gasteiger partial charge in [-0.15, -0.1) is 0 Å². The van der Waals surface area contributed by atoms with E-state index < -0.39 is 0 Å². The quantitative estimate of drug-likeness (QED) is 0.575. The minimum absolute atomic E-state index is 1.23. The molecule has 2 nitrogen and oxygen atoms in total. The van der Waals surface area contributed by atoms with Crippen LogP contribution in [0.15, 0.2) is 0 Å². The Labute approximate surface area is 115 Å². The van der Waals surface area contributed by atoms with Gasteiger partial charge in [0.25, 0.3) is 0 Å². The first-order chi connectivity index (χ1) is 8.91. The van der Waals surface area contributed by atoms with Gasteiger partial charge < -0.3 is 10.6 Å². The highest BCUT2D eigenvalue weighted by Gasteiger charge is 1.93. The third kappa shape index (κ3) is 15.9. The van der Waals surface area contributed by atoms with Crippen LogP contribution in [0.2, 0.25) is 0 Å². The first kappa shape index (κ1) is 17.9. The summed E-state index contributed by atoms with van der Waals surface area (Å²) in [6, 6.07) is 0. The van der Waals surface area contributed by atoms with Crippen LogP contribution in [-0.2, 0) is 0 Å². The molecule has 1 rings (SSSR count). The molecule has 0 radical (unpaired) electrons. The largest absolute Gasteiger partial charge is 0.317 e. The fraction of sp³-hybridized carbons (Fsp3) is 1.00. The van der Waals surface area contributed by atoms with Gasteiger partial charge in [-0.1, -0.05) is 52.4 Å². The Hall–Kier alpha value is -0.0800. The minimum atomic E-state index is 1.23. The zero-order valence-electron chi connectivity index (χ0n) is 12.9. The summed E-state index contributed by atoms with van der Waals surface area (Å²) in [5.74, 6) is 0. The van der Waals surface area contributed by atoms with E-state index in [-0.39, 0.29) is 0 Å². The highest BCUT2D eigenvalue weighted by atomic mass is 14.9. The van der Waals surface area contributed by atoms with Gasteiger partial charge >= 0.3 is 0 Å². The van der Waals surface area contributed by atoms with Crippen molar-refractivity contribution in [2.45, 2.75) is 78.1 Å². The van der Waals surface area contributed by atoms with Gasteiger partial charge in [0.15, 0.2) is 0 Å². The van der Waals surface area contributed by atoms with Gasteiger partial charge in [-0.3, -0.25) is 0 Å². The van der Waals surface area contributed by atoms with Crippen LogP contribution < -0.4 is 10.6 Å². The predicted octanol–water partition coefficient (Wildman–Crippen LogP) is 4.11. The molecule has 0 amide bonds. The maximum absolute atomic E-state index is 3.50. The summed E-state index contributed by atoms with van der Waals surface area (Å²) in [5, 5.41) is 6.73. The second-order valence-corrected chi connectivity index (χ2v) is 5.33. The van der Waals surface area contributed by atoms with Crippen LogP contribution in [0.3, 0.4) is 0 Å². The molecule has 1 fully saturated rings. The van der Waals surface area contributed by atoms with E-state index in [9.17, 15) is 0 Å². The van der Waals surface area contributed by atoms with E-state index in [2.05, 4.69) is 24.5 Å². The molecule has 18 heavy (non-hydrogen) atoms. The molecule has 1 aliphatic rings. The van der Waals surface area contributed by atoms with Crippen molar-refractivity contribution >= 4 is 0 Å². The van der Waals surface area contributed by atoms with Crippen molar-refractivity contribution in [3.8, 4) is 0 Å². The molecule has 0 bridgehead atoms. The van der Waals surface area contributed by atoms with Gasteiger partial charge in [-0.2, -0.15) is 0 Å². The van der Waals surface area contributed by atoms with E-state index in [1.807, 2.05) is 0 Å². The maximum Gasteiger partial charge on any atom is -0.00484 e. The van der Waals surface area contributed by atoms with E-state index >= 15 is 0 Å². The standard InChI is InChI=1S/C12H27N.C4H9N/c1-3-5-7-9-11-13-12-10-8-6-4-2;1-2-4-5-3-1/h13H,3-12H2,1-2H3;5H,1-4H2. The third-order valence-corrected chi connectivity index (χ3v) is 3.37. The fourth-order valence-electron chi connectivity index (χ4n) is 2.10. The maximum atomic E-state index is 3.50. The molecular weight excluding hydrogens is 220 g/mol. The van der Waals surface area contributed by atoms with Crippen LogP contribution in [0.4, 0.5) is 0 Å². The van der Waals surface area contributed by atoms with E-state index in [1.165, 1.54) is 90.4 Å². The number of rotatable bonds is 10. The van der Waals surface area contributed by atoms with Crippen molar-refractivity contribution in [1.29, 1.82) is 0 Å². The van der Waals surface area contributed by atoms with Gasteiger partial charge in [0.05, 0.1) is 0 Å². The molecule has 110 valence electrons. The van der Waals surface area contributed by atoms with Crippen LogP contribution >= 0.6 is 0 Å². The van der Waals surface area contributed by atoms with Gasteiger partial charge in [-0.05, 0) is 51.9 Å². The summed E-state index contributed by atoms with van der Waals surface area (Å²) >= 11 is 0. The second kappa shape index (κ2) is 16.9.